The highest BCUT2D eigenvalue weighted by molar-refractivity contribution is 8.18. The predicted molar refractivity (Wildman–Crippen MR) is 106 cm³/mol. The molecular weight excluding hydrogens is 372 g/mol. The van der Waals surface area contributed by atoms with Gasteiger partial charge in [-0.3, -0.25) is 4.79 Å². The summed E-state index contributed by atoms with van der Waals surface area (Å²) in [5, 5.41) is 3.87. The Labute approximate surface area is 161 Å². The number of halogens is 1. The number of benzene rings is 2. The SMILES string of the molecule is CCOc1ccc(C=C2SC(=Nc3cccc(Cl)c3)NC2=O)cc1OC. The molecule has 0 atom stereocenters. The van der Waals surface area contributed by atoms with Gasteiger partial charge >= 0.3 is 0 Å². The zero-order chi connectivity index (χ0) is 18.5. The van der Waals surface area contributed by atoms with Crippen molar-refractivity contribution in [3.63, 3.8) is 0 Å². The summed E-state index contributed by atoms with van der Waals surface area (Å²) in [5.41, 5.74) is 1.52. The van der Waals surface area contributed by atoms with Crippen LogP contribution in [0, 0.1) is 0 Å². The molecule has 0 spiro atoms. The summed E-state index contributed by atoms with van der Waals surface area (Å²) < 4.78 is 10.9. The van der Waals surface area contributed by atoms with E-state index in [4.69, 9.17) is 21.1 Å². The molecule has 2 aromatic carbocycles. The van der Waals surface area contributed by atoms with Gasteiger partial charge in [-0.25, -0.2) is 4.99 Å². The number of carbonyl (C=O) groups is 1. The number of methoxy groups -OCH3 is 1. The van der Waals surface area contributed by atoms with E-state index in [0.29, 0.717) is 38.9 Å². The molecular formula is C19H17ClN2O3S. The molecule has 1 fully saturated rings. The Morgan fingerprint density at radius 3 is 2.81 bits per heavy atom. The Morgan fingerprint density at radius 1 is 1.23 bits per heavy atom. The molecule has 0 unspecified atom stereocenters. The average Bonchev–Trinajstić information content (AvgIpc) is 2.95. The summed E-state index contributed by atoms with van der Waals surface area (Å²) >= 11 is 7.24. The standard InChI is InChI=1S/C19H17ClN2O3S/c1-3-25-15-8-7-12(9-16(15)24-2)10-17-18(23)22-19(26-17)21-14-6-4-5-13(20)11-14/h4-11H,3H2,1-2H3,(H,21,22,23). The minimum Gasteiger partial charge on any atom is -0.493 e. The largest absolute Gasteiger partial charge is 0.493 e. The molecule has 1 heterocycles. The maximum absolute atomic E-state index is 12.2. The van der Waals surface area contributed by atoms with Crippen LogP contribution >= 0.6 is 23.4 Å². The second kappa shape index (κ2) is 8.29. The van der Waals surface area contributed by atoms with Gasteiger partial charge < -0.3 is 14.8 Å². The highest BCUT2D eigenvalue weighted by Crippen LogP contribution is 2.32. The Morgan fingerprint density at radius 2 is 2.08 bits per heavy atom. The van der Waals surface area contributed by atoms with Gasteiger partial charge in [0.05, 0.1) is 24.3 Å². The van der Waals surface area contributed by atoms with Crippen LogP contribution in [0.1, 0.15) is 12.5 Å². The highest BCUT2D eigenvalue weighted by Gasteiger charge is 2.24. The molecule has 1 saturated heterocycles. The molecule has 0 radical (unpaired) electrons. The lowest BCUT2D eigenvalue weighted by Gasteiger charge is -2.09. The molecule has 1 aliphatic heterocycles. The smallest absolute Gasteiger partial charge is 0.264 e. The molecule has 0 aliphatic carbocycles. The molecule has 26 heavy (non-hydrogen) atoms. The normalized spacial score (nSPS) is 16.8. The molecule has 0 saturated carbocycles. The summed E-state index contributed by atoms with van der Waals surface area (Å²) in [5.74, 6) is 1.10. The van der Waals surface area contributed by atoms with Crippen molar-refractivity contribution in [1.82, 2.24) is 5.32 Å². The molecule has 3 rings (SSSR count). The minimum absolute atomic E-state index is 0.191. The van der Waals surface area contributed by atoms with Crippen molar-refractivity contribution in [3.05, 3.63) is 58.0 Å². The molecule has 2 aromatic rings. The first-order valence-corrected chi connectivity index (χ1v) is 9.14. The van der Waals surface area contributed by atoms with Gasteiger partial charge in [0.25, 0.3) is 5.91 Å². The Balaban J connectivity index is 1.82. The average molecular weight is 389 g/mol. The van der Waals surface area contributed by atoms with E-state index >= 15 is 0 Å². The van der Waals surface area contributed by atoms with Gasteiger partial charge in [-0.2, -0.15) is 0 Å². The number of carbonyl (C=O) groups excluding carboxylic acids is 1. The molecule has 5 nitrogen and oxygen atoms in total. The topological polar surface area (TPSA) is 59.9 Å². The van der Waals surface area contributed by atoms with Crippen molar-refractivity contribution in [2.24, 2.45) is 4.99 Å². The fourth-order valence-electron chi connectivity index (χ4n) is 2.34. The Hall–Kier alpha value is -2.44. The predicted octanol–water partition coefficient (Wildman–Crippen LogP) is 4.64. The molecule has 1 N–H and O–H groups in total. The van der Waals surface area contributed by atoms with Gasteiger partial charge in [-0.05, 0) is 60.7 Å². The van der Waals surface area contributed by atoms with Gasteiger partial charge in [0.1, 0.15) is 0 Å². The molecule has 1 amide bonds. The molecule has 0 bridgehead atoms. The van der Waals surface area contributed by atoms with Crippen LogP contribution in [0.4, 0.5) is 5.69 Å². The van der Waals surface area contributed by atoms with Crippen molar-refractivity contribution in [3.8, 4) is 11.5 Å². The maximum Gasteiger partial charge on any atom is 0.264 e. The van der Waals surface area contributed by atoms with E-state index < -0.39 is 0 Å². The maximum atomic E-state index is 12.2. The summed E-state index contributed by atoms with van der Waals surface area (Å²) in [7, 11) is 1.58. The fourth-order valence-corrected chi connectivity index (χ4v) is 3.37. The van der Waals surface area contributed by atoms with Crippen LogP contribution in [0.25, 0.3) is 6.08 Å². The van der Waals surface area contributed by atoms with Gasteiger partial charge in [0.15, 0.2) is 16.7 Å². The minimum atomic E-state index is -0.191. The molecule has 1 aliphatic rings. The number of thioether (sulfide) groups is 1. The molecule has 134 valence electrons. The number of hydrogen-bond acceptors (Lipinski definition) is 5. The Bertz CT molecular complexity index is 896. The quantitative estimate of drug-likeness (QED) is 0.758. The number of hydrogen-bond donors (Lipinski definition) is 1. The van der Waals surface area contributed by atoms with E-state index in [-0.39, 0.29) is 5.91 Å². The Kier molecular flexibility index (Phi) is 5.85. The lowest BCUT2D eigenvalue weighted by molar-refractivity contribution is -0.115. The second-order valence-corrected chi connectivity index (χ2v) is 6.77. The highest BCUT2D eigenvalue weighted by atomic mass is 35.5. The first-order valence-electron chi connectivity index (χ1n) is 7.95. The van der Waals surface area contributed by atoms with Gasteiger partial charge in [-0.15, -0.1) is 0 Å². The summed E-state index contributed by atoms with van der Waals surface area (Å²) in [6, 6.07) is 12.7. The number of rotatable bonds is 5. The van der Waals surface area contributed by atoms with Crippen LogP contribution in [0.15, 0.2) is 52.4 Å². The van der Waals surface area contributed by atoms with E-state index in [2.05, 4.69) is 10.3 Å². The van der Waals surface area contributed by atoms with Crippen LogP contribution in [-0.2, 0) is 4.79 Å². The van der Waals surface area contributed by atoms with E-state index in [9.17, 15) is 4.79 Å². The van der Waals surface area contributed by atoms with Crippen LogP contribution in [-0.4, -0.2) is 24.8 Å². The second-order valence-electron chi connectivity index (χ2n) is 5.30. The zero-order valence-corrected chi connectivity index (χ0v) is 15.9. The van der Waals surface area contributed by atoms with Crippen LogP contribution in [0.2, 0.25) is 5.02 Å². The third-order valence-electron chi connectivity index (χ3n) is 3.48. The molecule has 7 heteroatoms. The lowest BCUT2D eigenvalue weighted by atomic mass is 10.2. The number of amides is 1. The summed E-state index contributed by atoms with van der Waals surface area (Å²) in [4.78, 5) is 17.2. The number of nitrogens with one attached hydrogen (secondary N) is 1. The first-order chi connectivity index (χ1) is 12.6. The summed E-state index contributed by atoms with van der Waals surface area (Å²) in [6.07, 6.45) is 1.79. The van der Waals surface area contributed by atoms with Gasteiger partial charge in [0.2, 0.25) is 0 Å². The number of aliphatic imine (C=N–C) groups is 1. The number of nitrogens with zero attached hydrogens (tertiary/aromatic N) is 1. The van der Waals surface area contributed by atoms with E-state index in [1.807, 2.05) is 37.3 Å². The van der Waals surface area contributed by atoms with Gasteiger partial charge in [0, 0.05) is 5.02 Å². The monoisotopic (exact) mass is 388 g/mol. The van der Waals surface area contributed by atoms with E-state index in [1.54, 1.807) is 25.3 Å². The first kappa shape index (κ1) is 18.4. The van der Waals surface area contributed by atoms with Crippen LogP contribution in [0.5, 0.6) is 11.5 Å². The molecule has 0 aromatic heterocycles. The van der Waals surface area contributed by atoms with E-state index in [0.717, 1.165) is 5.56 Å². The van der Waals surface area contributed by atoms with Gasteiger partial charge in [-0.1, -0.05) is 23.7 Å². The zero-order valence-electron chi connectivity index (χ0n) is 14.3. The van der Waals surface area contributed by atoms with Crippen LogP contribution in [0.3, 0.4) is 0 Å². The van der Waals surface area contributed by atoms with Crippen molar-refractivity contribution in [1.29, 1.82) is 0 Å². The lowest BCUT2D eigenvalue weighted by Crippen LogP contribution is -2.19. The number of amidine groups is 1. The number of ether oxygens (including phenoxy) is 2. The van der Waals surface area contributed by atoms with Crippen molar-refractivity contribution in [2.75, 3.05) is 13.7 Å². The third kappa shape index (κ3) is 4.39. The summed E-state index contributed by atoms with van der Waals surface area (Å²) in [6.45, 7) is 2.47. The fraction of sp³-hybridized carbons (Fsp3) is 0.158. The van der Waals surface area contributed by atoms with Crippen molar-refractivity contribution < 1.29 is 14.3 Å². The van der Waals surface area contributed by atoms with Crippen molar-refractivity contribution >= 4 is 46.2 Å². The van der Waals surface area contributed by atoms with Crippen LogP contribution < -0.4 is 14.8 Å². The van der Waals surface area contributed by atoms with E-state index in [1.165, 1.54) is 11.8 Å². The third-order valence-corrected chi connectivity index (χ3v) is 4.62. The van der Waals surface area contributed by atoms with Crippen molar-refractivity contribution in [2.45, 2.75) is 6.92 Å².